The summed E-state index contributed by atoms with van der Waals surface area (Å²) in [6, 6.07) is 7.94. The number of carbonyl (C=O) groups is 1. The first-order valence-electron chi connectivity index (χ1n) is 9.26. The van der Waals surface area contributed by atoms with Crippen LogP contribution in [0.4, 0.5) is 0 Å². The topological polar surface area (TPSA) is 84.0 Å². The number of piperidine rings is 1. The van der Waals surface area contributed by atoms with Crippen molar-refractivity contribution >= 4 is 16.9 Å². The quantitative estimate of drug-likeness (QED) is 0.751. The first kappa shape index (κ1) is 17.6. The Balaban J connectivity index is 1.31. The normalized spacial score (nSPS) is 17.4. The number of para-hydroxylation sites is 1. The van der Waals surface area contributed by atoms with Gasteiger partial charge >= 0.3 is 0 Å². The number of nitrogens with one attached hydrogen (secondary N) is 1. The zero-order chi connectivity index (χ0) is 18.6. The van der Waals surface area contributed by atoms with Crippen molar-refractivity contribution in [2.45, 2.75) is 32.3 Å². The number of hydrogen-bond donors (Lipinski definition) is 1. The SMILES string of the molecule is Cc1cccc2[nH]c(COCC(=O)N3CCC[C@@H](c4ccncn4)C3)nc12. The fourth-order valence-electron chi connectivity index (χ4n) is 3.61. The highest BCUT2D eigenvalue weighted by atomic mass is 16.5. The molecule has 27 heavy (non-hydrogen) atoms. The number of benzene rings is 1. The van der Waals surface area contributed by atoms with Gasteiger partial charge < -0.3 is 14.6 Å². The minimum atomic E-state index is 0.0149. The van der Waals surface area contributed by atoms with Gasteiger partial charge in [0.15, 0.2) is 0 Å². The number of aromatic nitrogens is 4. The van der Waals surface area contributed by atoms with Crippen LogP contribution in [-0.4, -0.2) is 50.4 Å². The van der Waals surface area contributed by atoms with Crippen molar-refractivity contribution < 1.29 is 9.53 Å². The molecule has 1 aliphatic rings. The van der Waals surface area contributed by atoms with Crippen LogP contribution in [0.3, 0.4) is 0 Å². The van der Waals surface area contributed by atoms with E-state index in [0.717, 1.165) is 47.5 Å². The number of likely N-dealkylation sites (tertiary alicyclic amines) is 1. The molecule has 140 valence electrons. The molecule has 1 fully saturated rings. The molecule has 7 nitrogen and oxygen atoms in total. The summed E-state index contributed by atoms with van der Waals surface area (Å²) in [4.78, 5) is 30.5. The molecule has 1 aromatic carbocycles. The third-order valence-electron chi connectivity index (χ3n) is 5.03. The van der Waals surface area contributed by atoms with E-state index in [1.807, 2.05) is 36.1 Å². The van der Waals surface area contributed by atoms with E-state index in [4.69, 9.17) is 4.74 Å². The van der Waals surface area contributed by atoms with Gasteiger partial charge in [0, 0.05) is 30.9 Å². The lowest BCUT2D eigenvalue weighted by molar-refractivity contribution is -0.137. The number of fused-ring (bicyclic) bond motifs is 1. The minimum absolute atomic E-state index is 0.0149. The molecule has 1 amide bonds. The van der Waals surface area contributed by atoms with Crippen LogP contribution in [-0.2, 0) is 16.1 Å². The maximum absolute atomic E-state index is 12.5. The minimum Gasteiger partial charge on any atom is -0.364 e. The lowest BCUT2D eigenvalue weighted by atomic mass is 9.94. The number of aryl methyl sites for hydroxylation is 1. The van der Waals surface area contributed by atoms with Gasteiger partial charge in [-0.3, -0.25) is 4.79 Å². The van der Waals surface area contributed by atoms with Gasteiger partial charge in [0.25, 0.3) is 0 Å². The van der Waals surface area contributed by atoms with Crippen LogP contribution in [0.25, 0.3) is 11.0 Å². The fourth-order valence-corrected chi connectivity index (χ4v) is 3.61. The highest BCUT2D eigenvalue weighted by Gasteiger charge is 2.25. The van der Waals surface area contributed by atoms with Crippen LogP contribution in [0.1, 0.15) is 35.8 Å². The van der Waals surface area contributed by atoms with Gasteiger partial charge in [-0.1, -0.05) is 12.1 Å². The third-order valence-corrected chi connectivity index (χ3v) is 5.03. The van der Waals surface area contributed by atoms with E-state index in [0.29, 0.717) is 13.2 Å². The third kappa shape index (κ3) is 3.98. The van der Waals surface area contributed by atoms with Crippen LogP contribution >= 0.6 is 0 Å². The van der Waals surface area contributed by atoms with E-state index in [2.05, 4.69) is 19.9 Å². The van der Waals surface area contributed by atoms with Gasteiger partial charge in [-0.2, -0.15) is 0 Å². The van der Waals surface area contributed by atoms with E-state index >= 15 is 0 Å². The summed E-state index contributed by atoms with van der Waals surface area (Å²) >= 11 is 0. The molecule has 1 atom stereocenters. The van der Waals surface area contributed by atoms with Crippen molar-refractivity contribution in [2.24, 2.45) is 0 Å². The fraction of sp³-hybridized carbons (Fsp3) is 0.400. The smallest absolute Gasteiger partial charge is 0.248 e. The number of amides is 1. The number of rotatable bonds is 5. The number of aromatic amines is 1. The first-order valence-corrected chi connectivity index (χ1v) is 9.26. The predicted octanol–water partition coefficient (Wildman–Crippen LogP) is 2.58. The molecule has 1 saturated heterocycles. The Bertz CT molecular complexity index is 925. The molecule has 0 saturated carbocycles. The second-order valence-corrected chi connectivity index (χ2v) is 6.96. The van der Waals surface area contributed by atoms with Crippen molar-refractivity contribution in [3.05, 3.63) is 53.9 Å². The molecule has 1 N–H and O–H groups in total. The molecule has 0 bridgehead atoms. The monoisotopic (exact) mass is 365 g/mol. The Morgan fingerprint density at radius 3 is 3.11 bits per heavy atom. The van der Waals surface area contributed by atoms with Gasteiger partial charge in [-0.25, -0.2) is 15.0 Å². The largest absolute Gasteiger partial charge is 0.364 e. The number of hydrogen-bond acceptors (Lipinski definition) is 5. The zero-order valence-electron chi connectivity index (χ0n) is 15.4. The second kappa shape index (κ2) is 7.84. The van der Waals surface area contributed by atoms with Crippen molar-refractivity contribution in [1.82, 2.24) is 24.8 Å². The first-order chi connectivity index (χ1) is 13.2. The number of imidazole rings is 1. The van der Waals surface area contributed by atoms with Crippen LogP contribution < -0.4 is 0 Å². The zero-order valence-corrected chi connectivity index (χ0v) is 15.4. The molecule has 0 unspecified atom stereocenters. The molecule has 7 heteroatoms. The molecule has 0 spiro atoms. The van der Waals surface area contributed by atoms with E-state index in [1.54, 1.807) is 12.5 Å². The lowest BCUT2D eigenvalue weighted by Crippen LogP contribution is -2.41. The second-order valence-electron chi connectivity index (χ2n) is 6.96. The summed E-state index contributed by atoms with van der Waals surface area (Å²) in [7, 11) is 0. The predicted molar refractivity (Wildman–Crippen MR) is 101 cm³/mol. The molecule has 4 rings (SSSR count). The van der Waals surface area contributed by atoms with Gasteiger partial charge in [0.05, 0.1) is 11.0 Å². The lowest BCUT2D eigenvalue weighted by Gasteiger charge is -2.32. The Labute approximate surface area is 157 Å². The molecular formula is C20H23N5O2. The van der Waals surface area contributed by atoms with Gasteiger partial charge in [0.1, 0.15) is 25.4 Å². The van der Waals surface area contributed by atoms with E-state index < -0.39 is 0 Å². The van der Waals surface area contributed by atoms with E-state index in [1.165, 1.54) is 0 Å². The Hall–Kier alpha value is -2.80. The molecule has 2 aromatic heterocycles. The average Bonchev–Trinajstić information content (AvgIpc) is 3.13. The number of ether oxygens (including phenoxy) is 1. The number of carbonyl (C=O) groups excluding carboxylic acids is 1. The van der Waals surface area contributed by atoms with Crippen LogP contribution in [0.15, 0.2) is 36.8 Å². The molecular weight excluding hydrogens is 342 g/mol. The maximum Gasteiger partial charge on any atom is 0.248 e. The summed E-state index contributed by atoms with van der Waals surface area (Å²) in [6.45, 7) is 3.84. The molecule has 3 heterocycles. The van der Waals surface area contributed by atoms with Gasteiger partial charge in [-0.15, -0.1) is 0 Å². The molecule has 0 radical (unpaired) electrons. The molecule has 1 aliphatic heterocycles. The summed E-state index contributed by atoms with van der Waals surface area (Å²) in [6.07, 6.45) is 5.33. The van der Waals surface area contributed by atoms with Crippen LogP contribution in [0.5, 0.6) is 0 Å². The Morgan fingerprint density at radius 2 is 2.30 bits per heavy atom. The van der Waals surface area contributed by atoms with E-state index in [9.17, 15) is 4.79 Å². The standard InChI is InChI=1S/C20H23N5O2/c1-14-4-2-6-17-20(14)24-18(23-17)11-27-12-19(26)25-9-3-5-15(10-25)16-7-8-21-13-22-16/h2,4,6-8,13,15H,3,5,9-12H2,1H3,(H,23,24)/t15-/m1/s1. The van der Waals surface area contributed by atoms with Crippen LogP contribution in [0, 0.1) is 6.92 Å². The van der Waals surface area contributed by atoms with Crippen molar-refractivity contribution in [3.8, 4) is 0 Å². The highest BCUT2D eigenvalue weighted by molar-refractivity contribution is 5.78. The average molecular weight is 365 g/mol. The number of nitrogens with zero attached hydrogens (tertiary/aromatic N) is 4. The molecule has 3 aromatic rings. The number of H-pyrrole nitrogens is 1. The van der Waals surface area contributed by atoms with Crippen LogP contribution in [0.2, 0.25) is 0 Å². The summed E-state index contributed by atoms with van der Waals surface area (Å²) < 4.78 is 5.63. The van der Waals surface area contributed by atoms with Crippen molar-refractivity contribution in [1.29, 1.82) is 0 Å². The van der Waals surface area contributed by atoms with E-state index in [-0.39, 0.29) is 18.4 Å². The Kier molecular flexibility index (Phi) is 5.11. The summed E-state index contributed by atoms with van der Waals surface area (Å²) in [5.41, 5.74) is 4.06. The summed E-state index contributed by atoms with van der Waals surface area (Å²) in [5, 5.41) is 0. The van der Waals surface area contributed by atoms with Crippen molar-refractivity contribution in [2.75, 3.05) is 19.7 Å². The summed E-state index contributed by atoms with van der Waals surface area (Å²) in [5.74, 6) is 1.02. The Morgan fingerprint density at radius 1 is 1.37 bits per heavy atom. The van der Waals surface area contributed by atoms with Gasteiger partial charge in [-0.05, 0) is 37.5 Å². The van der Waals surface area contributed by atoms with Gasteiger partial charge in [0.2, 0.25) is 5.91 Å². The maximum atomic E-state index is 12.5. The molecule has 0 aliphatic carbocycles. The van der Waals surface area contributed by atoms with Crippen molar-refractivity contribution in [3.63, 3.8) is 0 Å². The highest BCUT2D eigenvalue weighted by Crippen LogP contribution is 2.25.